The van der Waals surface area contributed by atoms with Gasteiger partial charge in [0.15, 0.2) is 11.5 Å². The highest BCUT2D eigenvalue weighted by Gasteiger charge is 2.04. The van der Waals surface area contributed by atoms with E-state index < -0.39 is 0 Å². The molecule has 0 spiro atoms. The van der Waals surface area contributed by atoms with E-state index in [9.17, 15) is 0 Å². The Morgan fingerprint density at radius 2 is 1.48 bits per heavy atom. The lowest BCUT2D eigenvalue weighted by Gasteiger charge is -2.13. The number of methoxy groups -OCH3 is 1. The summed E-state index contributed by atoms with van der Waals surface area (Å²) in [5.41, 5.74) is 0.960. The molecule has 0 aliphatic rings. The van der Waals surface area contributed by atoms with Crippen LogP contribution in [0.5, 0.6) is 17.2 Å². The topological polar surface area (TPSA) is 39.7 Å². The van der Waals surface area contributed by atoms with E-state index in [1.165, 1.54) is 0 Å². The summed E-state index contributed by atoms with van der Waals surface area (Å²) >= 11 is 0. The fourth-order valence-corrected chi connectivity index (χ4v) is 1.98. The Labute approximate surface area is 125 Å². The molecule has 0 heterocycles. The second-order valence-electron chi connectivity index (χ2n) is 4.36. The first-order chi connectivity index (χ1) is 10.3. The van der Waals surface area contributed by atoms with Gasteiger partial charge in [-0.15, -0.1) is 0 Å². The van der Waals surface area contributed by atoms with Crippen molar-refractivity contribution in [3.63, 3.8) is 0 Å². The molecule has 0 amide bonds. The van der Waals surface area contributed by atoms with Gasteiger partial charge in [-0.25, -0.2) is 0 Å². The number of hydrogen-bond acceptors (Lipinski definition) is 4. The smallest absolute Gasteiger partial charge is 0.161 e. The maximum absolute atomic E-state index is 5.76. The first-order valence-electron chi connectivity index (χ1n) is 7.06. The SMILES string of the molecule is CCOc1ccccc1OCCNc1ccccc1OC. The minimum absolute atomic E-state index is 0.544. The molecule has 1 N–H and O–H groups in total. The van der Waals surface area contributed by atoms with Gasteiger partial charge in [-0.1, -0.05) is 24.3 Å². The highest BCUT2D eigenvalue weighted by atomic mass is 16.5. The zero-order chi connectivity index (χ0) is 14.9. The average Bonchev–Trinajstić information content (AvgIpc) is 2.53. The molecule has 112 valence electrons. The highest BCUT2D eigenvalue weighted by Crippen LogP contribution is 2.26. The van der Waals surface area contributed by atoms with Crippen LogP contribution in [0.3, 0.4) is 0 Å². The number of anilines is 1. The minimum Gasteiger partial charge on any atom is -0.495 e. The number of benzene rings is 2. The van der Waals surface area contributed by atoms with Crippen LogP contribution in [0.15, 0.2) is 48.5 Å². The Hall–Kier alpha value is -2.36. The normalized spacial score (nSPS) is 10.0. The Morgan fingerprint density at radius 1 is 0.857 bits per heavy atom. The van der Waals surface area contributed by atoms with Crippen LogP contribution < -0.4 is 19.5 Å². The van der Waals surface area contributed by atoms with Crippen molar-refractivity contribution in [2.45, 2.75) is 6.92 Å². The minimum atomic E-state index is 0.544. The lowest BCUT2D eigenvalue weighted by Crippen LogP contribution is -2.12. The quantitative estimate of drug-likeness (QED) is 0.753. The van der Waals surface area contributed by atoms with E-state index in [2.05, 4.69) is 5.32 Å². The van der Waals surface area contributed by atoms with Crippen LogP contribution in [0.2, 0.25) is 0 Å². The van der Waals surface area contributed by atoms with Gasteiger partial charge in [0.1, 0.15) is 12.4 Å². The molecule has 0 saturated carbocycles. The second-order valence-corrected chi connectivity index (χ2v) is 4.36. The van der Waals surface area contributed by atoms with Gasteiger partial charge in [-0.3, -0.25) is 0 Å². The Bertz CT molecular complexity index is 557. The predicted molar refractivity (Wildman–Crippen MR) is 84.6 cm³/mol. The summed E-state index contributed by atoms with van der Waals surface area (Å²) in [7, 11) is 1.66. The summed E-state index contributed by atoms with van der Waals surface area (Å²) in [4.78, 5) is 0. The third kappa shape index (κ3) is 4.31. The summed E-state index contributed by atoms with van der Waals surface area (Å²) in [6, 6.07) is 15.5. The van der Waals surface area contributed by atoms with Gasteiger partial charge in [0.2, 0.25) is 0 Å². The van der Waals surface area contributed by atoms with E-state index in [-0.39, 0.29) is 0 Å². The molecule has 0 aliphatic carbocycles. The maximum Gasteiger partial charge on any atom is 0.161 e. The van der Waals surface area contributed by atoms with E-state index in [0.717, 1.165) is 22.9 Å². The highest BCUT2D eigenvalue weighted by molar-refractivity contribution is 5.56. The summed E-state index contributed by atoms with van der Waals surface area (Å²) in [5.74, 6) is 2.37. The number of hydrogen-bond donors (Lipinski definition) is 1. The molecule has 2 aromatic carbocycles. The molecule has 0 unspecified atom stereocenters. The molecule has 0 saturated heterocycles. The molecule has 0 radical (unpaired) electrons. The Morgan fingerprint density at radius 3 is 2.14 bits per heavy atom. The van der Waals surface area contributed by atoms with Crippen molar-refractivity contribution in [2.24, 2.45) is 0 Å². The van der Waals surface area contributed by atoms with Crippen LogP contribution >= 0.6 is 0 Å². The summed E-state index contributed by atoms with van der Waals surface area (Å²) < 4.78 is 16.6. The third-order valence-electron chi connectivity index (χ3n) is 2.93. The van der Waals surface area contributed by atoms with Gasteiger partial charge in [0.25, 0.3) is 0 Å². The van der Waals surface area contributed by atoms with E-state index in [1.807, 2.05) is 55.5 Å². The van der Waals surface area contributed by atoms with Crippen LogP contribution in [-0.2, 0) is 0 Å². The predicted octanol–water partition coefficient (Wildman–Crippen LogP) is 3.58. The fourth-order valence-electron chi connectivity index (χ4n) is 1.98. The van der Waals surface area contributed by atoms with Crippen molar-refractivity contribution in [3.05, 3.63) is 48.5 Å². The first kappa shape index (κ1) is 15.0. The van der Waals surface area contributed by atoms with Crippen molar-refractivity contribution < 1.29 is 14.2 Å². The summed E-state index contributed by atoms with van der Waals surface area (Å²) in [5, 5.41) is 3.30. The summed E-state index contributed by atoms with van der Waals surface area (Å²) in [6.07, 6.45) is 0. The molecule has 2 rings (SSSR count). The number of ether oxygens (including phenoxy) is 3. The molecule has 0 bridgehead atoms. The Kier molecular flexibility index (Phi) is 5.76. The van der Waals surface area contributed by atoms with Gasteiger partial charge < -0.3 is 19.5 Å². The van der Waals surface area contributed by atoms with E-state index >= 15 is 0 Å². The van der Waals surface area contributed by atoms with E-state index in [0.29, 0.717) is 19.8 Å². The molecule has 4 heteroatoms. The van der Waals surface area contributed by atoms with Crippen LogP contribution in [0.1, 0.15) is 6.92 Å². The molecule has 21 heavy (non-hydrogen) atoms. The average molecular weight is 287 g/mol. The zero-order valence-electron chi connectivity index (χ0n) is 12.5. The van der Waals surface area contributed by atoms with E-state index in [1.54, 1.807) is 7.11 Å². The number of nitrogens with one attached hydrogen (secondary N) is 1. The van der Waals surface area contributed by atoms with Crippen LogP contribution in [0, 0.1) is 0 Å². The van der Waals surface area contributed by atoms with Crippen LogP contribution in [0.4, 0.5) is 5.69 Å². The fraction of sp³-hybridized carbons (Fsp3) is 0.294. The molecular formula is C17H21NO3. The maximum atomic E-state index is 5.76. The second kappa shape index (κ2) is 8.04. The van der Waals surface area contributed by atoms with Crippen molar-refractivity contribution in [1.82, 2.24) is 0 Å². The zero-order valence-corrected chi connectivity index (χ0v) is 12.5. The molecular weight excluding hydrogens is 266 g/mol. The number of para-hydroxylation sites is 4. The standard InChI is InChI=1S/C17H21NO3/c1-3-20-16-10-6-7-11-17(16)21-13-12-18-14-8-4-5-9-15(14)19-2/h4-11,18H,3,12-13H2,1-2H3. The van der Waals surface area contributed by atoms with Gasteiger partial charge in [-0.05, 0) is 31.2 Å². The van der Waals surface area contributed by atoms with Crippen molar-refractivity contribution >= 4 is 5.69 Å². The van der Waals surface area contributed by atoms with Crippen LogP contribution in [0.25, 0.3) is 0 Å². The first-order valence-corrected chi connectivity index (χ1v) is 7.06. The summed E-state index contributed by atoms with van der Waals surface area (Å²) in [6.45, 7) is 3.81. The molecule has 0 atom stereocenters. The molecule has 4 nitrogen and oxygen atoms in total. The molecule has 2 aromatic rings. The van der Waals surface area contributed by atoms with Gasteiger partial charge in [0, 0.05) is 6.54 Å². The molecule has 0 fully saturated rings. The lowest BCUT2D eigenvalue weighted by atomic mass is 10.3. The van der Waals surface area contributed by atoms with Crippen molar-refractivity contribution in [1.29, 1.82) is 0 Å². The van der Waals surface area contributed by atoms with Gasteiger partial charge in [-0.2, -0.15) is 0 Å². The molecule has 0 aromatic heterocycles. The van der Waals surface area contributed by atoms with Crippen LogP contribution in [-0.4, -0.2) is 26.9 Å². The number of rotatable bonds is 8. The third-order valence-corrected chi connectivity index (χ3v) is 2.93. The molecule has 0 aliphatic heterocycles. The van der Waals surface area contributed by atoms with Crippen molar-refractivity contribution in [3.8, 4) is 17.2 Å². The Balaban J connectivity index is 1.85. The van der Waals surface area contributed by atoms with Gasteiger partial charge >= 0.3 is 0 Å². The lowest BCUT2D eigenvalue weighted by molar-refractivity contribution is 0.284. The van der Waals surface area contributed by atoms with Crippen molar-refractivity contribution in [2.75, 3.05) is 32.2 Å². The monoisotopic (exact) mass is 287 g/mol. The van der Waals surface area contributed by atoms with Gasteiger partial charge in [0.05, 0.1) is 19.4 Å². The van der Waals surface area contributed by atoms with E-state index in [4.69, 9.17) is 14.2 Å². The largest absolute Gasteiger partial charge is 0.495 e.